The molecule has 0 aromatic carbocycles. The summed E-state index contributed by atoms with van der Waals surface area (Å²) in [4.78, 5) is 11.6. The van der Waals surface area contributed by atoms with Gasteiger partial charge in [-0.25, -0.2) is 0 Å². The van der Waals surface area contributed by atoms with Crippen molar-refractivity contribution < 1.29 is 0 Å². The van der Waals surface area contributed by atoms with E-state index >= 15 is 0 Å². The van der Waals surface area contributed by atoms with E-state index < -0.39 is 0 Å². The molecule has 0 spiro atoms. The SMILES string of the molecule is Cc1cc(Br)cn(CCCCS)c1=O. The van der Waals surface area contributed by atoms with Gasteiger partial charge in [0.15, 0.2) is 0 Å². The first kappa shape index (κ1) is 11.9. The number of hydrogen-bond acceptors (Lipinski definition) is 2. The molecular formula is C10H14BrNOS. The molecule has 1 heterocycles. The Morgan fingerprint density at radius 2 is 2.21 bits per heavy atom. The number of hydrogen-bond donors (Lipinski definition) is 1. The summed E-state index contributed by atoms with van der Waals surface area (Å²) >= 11 is 7.52. The molecule has 1 aromatic heterocycles. The summed E-state index contributed by atoms with van der Waals surface area (Å²) in [5.41, 5.74) is 0.887. The van der Waals surface area contributed by atoms with Gasteiger partial charge in [-0.3, -0.25) is 4.79 Å². The van der Waals surface area contributed by atoms with Crippen LogP contribution in [0.15, 0.2) is 21.5 Å². The van der Waals surface area contributed by atoms with Gasteiger partial charge in [-0.1, -0.05) is 0 Å². The fourth-order valence-electron chi connectivity index (χ4n) is 1.30. The van der Waals surface area contributed by atoms with Crippen molar-refractivity contribution in [3.8, 4) is 0 Å². The number of nitrogens with zero attached hydrogens (tertiary/aromatic N) is 1. The third-order valence-electron chi connectivity index (χ3n) is 2.04. The van der Waals surface area contributed by atoms with Crippen molar-refractivity contribution in [2.75, 3.05) is 5.75 Å². The second kappa shape index (κ2) is 5.61. The van der Waals surface area contributed by atoms with E-state index in [1.165, 1.54) is 0 Å². The van der Waals surface area contributed by atoms with E-state index in [1.807, 2.05) is 19.2 Å². The minimum Gasteiger partial charge on any atom is -0.314 e. The average Bonchev–Trinajstić information content (AvgIpc) is 2.13. The number of halogens is 1. The number of thiol groups is 1. The van der Waals surface area contributed by atoms with Crippen LogP contribution in [0.25, 0.3) is 0 Å². The van der Waals surface area contributed by atoms with Crippen LogP contribution in [0.5, 0.6) is 0 Å². The van der Waals surface area contributed by atoms with Crippen molar-refractivity contribution in [1.29, 1.82) is 0 Å². The Balaban J connectivity index is 2.81. The van der Waals surface area contributed by atoms with Crippen LogP contribution in [0.4, 0.5) is 0 Å². The molecule has 0 bridgehead atoms. The molecular weight excluding hydrogens is 262 g/mol. The highest BCUT2D eigenvalue weighted by atomic mass is 79.9. The molecule has 0 aliphatic rings. The molecule has 0 N–H and O–H groups in total. The van der Waals surface area contributed by atoms with Crippen molar-refractivity contribution in [3.63, 3.8) is 0 Å². The van der Waals surface area contributed by atoms with E-state index in [-0.39, 0.29) is 5.56 Å². The third-order valence-corrected chi connectivity index (χ3v) is 2.79. The lowest BCUT2D eigenvalue weighted by Gasteiger charge is -2.06. The molecule has 0 atom stereocenters. The van der Waals surface area contributed by atoms with Crippen LogP contribution in [0, 0.1) is 6.92 Å². The number of pyridine rings is 1. The lowest BCUT2D eigenvalue weighted by atomic mass is 10.3. The van der Waals surface area contributed by atoms with Gasteiger partial charge in [0.25, 0.3) is 5.56 Å². The average molecular weight is 276 g/mol. The quantitative estimate of drug-likeness (QED) is 0.662. The van der Waals surface area contributed by atoms with Gasteiger partial charge < -0.3 is 4.57 Å². The molecule has 1 aromatic rings. The molecule has 0 aliphatic carbocycles. The molecule has 4 heteroatoms. The van der Waals surface area contributed by atoms with E-state index in [0.717, 1.165) is 35.2 Å². The van der Waals surface area contributed by atoms with Crippen molar-refractivity contribution in [2.45, 2.75) is 26.3 Å². The van der Waals surface area contributed by atoms with Gasteiger partial charge in [-0.05, 0) is 47.5 Å². The maximum Gasteiger partial charge on any atom is 0.253 e. The largest absolute Gasteiger partial charge is 0.314 e. The van der Waals surface area contributed by atoms with Gasteiger partial charge in [0.1, 0.15) is 0 Å². The molecule has 0 radical (unpaired) electrons. The number of aryl methyl sites for hydroxylation is 2. The molecule has 0 fully saturated rings. The standard InChI is InChI=1S/C10H14BrNOS/c1-8-6-9(11)7-12(10(8)13)4-2-3-5-14/h6-7,14H,2-5H2,1H3. The van der Waals surface area contributed by atoms with Crippen LogP contribution < -0.4 is 5.56 Å². The predicted molar refractivity (Wildman–Crippen MR) is 66.2 cm³/mol. The van der Waals surface area contributed by atoms with Crippen LogP contribution in [0.3, 0.4) is 0 Å². The number of aromatic nitrogens is 1. The van der Waals surface area contributed by atoms with Crippen LogP contribution in [-0.2, 0) is 6.54 Å². The Kier molecular flexibility index (Phi) is 4.75. The van der Waals surface area contributed by atoms with Crippen LogP contribution in [-0.4, -0.2) is 10.3 Å². The summed E-state index contributed by atoms with van der Waals surface area (Å²) in [5.74, 6) is 0.877. The van der Waals surface area contributed by atoms with Crippen molar-refractivity contribution in [2.24, 2.45) is 0 Å². The van der Waals surface area contributed by atoms with Gasteiger partial charge >= 0.3 is 0 Å². The molecule has 0 unspecified atom stereocenters. The van der Waals surface area contributed by atoms with Crippen LogP contribution in [0.1, 0.15) is 18.4 Å². The van der Waals surface area contributed by atoms with E-state index in [4.69, 9.17) is 0 Å². The normalized spacial score (nSPS) is 10.5. The Hall–Kier alpha value is -0.220. The zero-order valence-corrected chi connectivity index (χ0v) is 10.6. The summed E-state index contributed by atoms with van der Waals surface area (Å²) in [5, 5.41) is 0. The zero-order valence-electron chi connectivity index (χ0n) is 8.16. The highest BCUT2D eigenvalue weighted by Gasteiger charge is 2.00. The molecule has 0 amide bonds. The lowest BCUT2D eigenvalue weighted by molar-refractivity contribution is 0.612. The van der Waals surface area contributed by atoms with Crippen LogP contribution >= 0.6 is 28.6 Å². The van der Waals surface area contributed by atoms with Crippen molar-refractivity contribution >= 4 is 28.6 Å². The highest BCUT2D eigenvalue weighted by Crippen LogP contribution is 2.08. The second-order valence-electron chi connectivity index (χ2n) is 3.27. The summed E-state index contributed by atoms with van der Waals surface area (Å²) in [7, 11) is 0. The van der Waals surface area contributed by atoms with Gasteiger partial charge in [-0.2, -0.15) is 12.6 Å². The Morgan fingerprint density at radius 1 is 1.50 bits per heavy atom. The Bertz CT molecular complexity index is 362. The molecule has 78 valence electrons. The fraction of sp³-hybridized carbons (Fsp3) is 0.500. The second-order valence-corrected chi connectivity index (χ2v) is 4.63. The molecule has 14 heavy (non-hydrogen) atoms. The van der Waals surface area contributed by atoms with E-state index in [9.17, 15) is 4.79 Å². The molecule has 0 saturated carbocycles. The minimum absolute atomic E-state index is 0.104. The molecule has 1 rings (SSSR count). The predicted octanol–water partition coefficient (Wildman–Crippen LogP) is 2.63. The topological polar surface area (TPSA) is 22.0 Å². The van der Waals surface area contributed by atoms with E-state index in [2.05, 4.69) is 28.6 Å². The Labute approximate surface area is 97.9 Å². The monoisotopic (exact) mass is 275 g/mol. The third kappa shape index (κ3) is 3.17. The summed E-state index contributed by atoms with van der Waals surface area (Å²) < 4.78 is 2.71. The first-order chi connectivity index (χ1) is 6.65. The first-order valence-corrected chi connectivity index (χ1v) is 6.05. The van der Waals surface area contributed by atoms with Crippen molar-refractivity contribution in [3.05, 3.63) is 32.7 Å². The first-order valence-electron chi connectivity index (χ1n) is 4.62. The molecule has 0 aliphatic heterocycles. The van der Waals surface area contributed by atoms with Gasteiger partial charge in [0.05, 0.1) is 0 Å². The van der Waals surface area contributed by atoms with E-state index in [1.54, 1.807) is 4.57 Å². The maximum absolute atomic E-state index is 11.6. The van der Waals surface area contributed by atoms with E-state index in [0.29, 0.717) is 0 Å². The summed E-state index contributed by atoms with van der Waals surface area (Å²) in [6, 6.07) is 1.84. The maximum atomic E-state index is 11.6. The molecule has 0 saturated heterocycles. The summed E-state index contributed by atoms with van der Waals surface area (Å²) in [6.07, 6.45) is 3.88. The molecule has 2 nitrogen and oxygen atoms in total. The number of rotatable bonds is 4. The van der Waals surface area contributed by atoms with Gasteiger partial charge in [0.2, 0.25) is 0 Å². The smallest absolute Gasteiger partial charge is 0.253 e. The number of unbranched alkanes of at least 4 members (excludes halogenated alkanes) is 1. The fourth-order valence-corrected chi connectivity index (χ4v) is 2.11. The Morgan fingerprint density at radius 3 is 2.86 bits per heavy atom. The minimum atomic E-state index is 0.104. The van der Waals surface area contributed by atoms with Crippen LogP contribution in [0.2, 0.25) is 0 Å². The summed E-state index contributed by atoms with van der Waals surface area (Å²) in [6.45, 7) is 2.61. The lowest BCUT2D eigenvalue weighted by Crippen LogP contribution is -2.21. The van der Waals surface area contributed by atoms with Gasteiger partial charge in [-0.15, -0.1) is 0 Å². The van der Waals surface area contributed by atoms with Crippen molar-refractivity contribution in [1.82, 2.24) is 4.57 Å². The zero-order chi connectivity index (χ0) is 10.6. The van der Waals surface area contributed by atoms with Gasteiger partial charge in [0, 0.05) is 22.8 Å². The highest BCUT2D eigenvalue weighted by molar-refractivity contribution is 9.10.